The minimum atomic E-state index is 1.16. The van der Waals surface area contributed by atoms with Gasteiger partial charge in [0.1, 0.15) is 0 Å². The molecule has 3 heteroatoms. The van der Waals surface area contributed by atoms with E-state index in [-0.39, 0.29) is 0 Å². The van der Waals surface area contributed by atoms with E-state index in [0.717, 1.165) is 17.1 Å². The molecule has 0 aliphatic heterocycles. The van der Waals surface area contributed by atoms with Crippen molar-refractivity contribution in [1.29, 1.82) is 0 Å². The van der Waals surface area contributed by atoms with E-state index < -0.39 is 0 Å². The Labute approximate surface area is 272 Å². The summed E-state index contributed by atoms with van der Waals surface area (Å²) >= 11 is 0. The second-order valence-corrected chi connectivity index (χ2v) is 12.7. The first-order valence-corrected chi connectivity index (χ1v) is 16.3. The Balaban J connectivity index is 1.58. The van der Waals surface area contributed by atoms with Crippen molar-refractivity contribution >= 4 is 65.4 Å². The maximum absolute atomic E-state index is 2.50. The van der Waals surface area contributed by atoms with E-state index in [2.05, 4.69) is 179 Å². The smallest absolute Gasteiger partial charge is 0.0644 e. The average Bonchev–Trinajstić information content (AvgIpc) is 3.76. The van der Waals surface area contributed by atoms with Gasteiger partial charge in [-0.2, -0.15) is 0 Å². The van der Waals surface area contributed by atoms with Gasteiger partial charge in [0.05, 0.1) is 33.1 Å². The fraction of sp³-hybridized carbons (Fsp3) is 0.0455. The number of aryl methyl sites for hydroxylation is 2. The molecule has 0 N–H and O–H groups in total. The monoisotopic (exact) mass is 601 g/mol. The second-order valence-electron chi connectivity index (χ2n) is 12.7. The minimum Gasteiger partial charge on any atom is -0.309 e. The molecule has 0 atom stereocenters. The van der Waals surface area contributed by atoms with Crippen molar-refractivity contribution in [3.8, 4) is 17.1 Å². The highest BCUT2D eigenvalue weighted by atomic mass is 15.0. The third-order valence-corrected chi connectivity index (χ3v) is 10.0. The van der Waals surface area contributed by atoms with Gasteiger partial charge in [0.25, 0.3) is 0 Å². The lowest BCUT2D eigenvalue weighted by molar-refractivity contribution is 1.17. The fourth-order valence-corrected chi connectivity index (χ4v) is 8.21. The Morgan fingerprint density at radius 1 is 0.319 bits per heavy atom. The van der Waals surface area contributed by atoms with Gasteiger partial charge in [0, 0.05) is 49.4 Å². The van der Waals surface area contributed by atoms with E-state index in [1.165, 1.54) is 76.5 Å². The lowest BCUT2D eigenvalue weighted by atomic mass is 10.00. The highest BCUT2D eigenvalue weighted by molar-refractivity contribution is 6.34. The van der Waals surface area contributed by atoms with Crippen LogP contribution in [0.25, 0.3) is 82.5 Å². The van der Waals surface area contributed by atoms with Crippen molar-refractivity contribution in [3.63, 3.8) is 0 Å². The highest BCUT2D eigenvalue weighted by Gasteiger charge is 2.26. The van der Waals surface area contributed by atoms with Crippen LogP contribution in [0.4, 0.5) is 0 Å². The fourth-order valence-electron chi connectivity index (χ4n) is 8.21. The van der Waals surface area contributed by atoms with Crippen LogP contribution in [0.5, 0.6) is 0 Å². The van der Waals surface area contributed by atoms with E-state index in [0.29, 0.717) is 0 Å². The Morgan fingerprint density at radius 2 is 0.660 bits per heavy atom. The highest BCUT2D eigenvalue weighted by Crippen LogP contribution is 2.48. The predicted octanol–water partition coefficient (Wildman–Crippen LogP) is 11.6. The first-order valence-electron chi connectivity index (χ1n) is 16.3. The second kappa shape index (κ2) is 9.72. The van der Waals surface area contributed by atoms with Gasteiger partial charge in [-0.1, -0.05) is 91.0 Å². The molecule has 0 aliphatic rings. The molecular weight excluding hydrogens is 571 g/mol. The van der Waals surface area contributed by atoms with Crippen LogP contribution in [0, 0.1) is 13.8 Å². The number of aromatic nitrogens is 3. The number of hydrogen-bond donors (Lipinski definition) is 0. The summed E-state index contributed by atoms with van der Waals surface area (Å²) in [6.07, 6.45) is 0. The van der Waals surface area contributed by atoms with E-state index in [4.69, 9.17) is 0 Å². The largest absolute Gasteiger partial charge is 0.309 e. The van der Waals surface area contributed by atoms with Crippen LogP contribution in [0.2, 0.25) is 0 Å². The first-order chi connectivity index (χ1) is 23.2. The summed E-state index contributed by atoms with van der Waals surface area (Å²) in [7, 11) is 0. The van der Waals surface area contributed by atoms with Crippen LogP contribution in [0.1, 0.15) is 11.1 Å². The van der Waals surface area contributed by atoms with E-state index in [1.807, 2.05) is 0 Å². The summed E-state index contributed by atoms with van der Waals surface area (Å²) in [6, 6.07) is 55.2. The predicted molar refractivity (Wildman–Crippen MR) is 199 cm³/mol. The van der Waals surface area contributed by atoms with Gasteiger partial charge < -0.3 is 13.7 Å². The molecule has 0 saturated heterocycles. The number of hydrogen-bond acceptors (Lipinski definition) is 0. The molecule has 10 rings (SSSR count). The molecule has 0 radical (unpaired) electrons. The Bertz CT molecular complexity index is 2660. The maximum Gasteiger partial charge on any atom is 0.0644 e. The molecule has 7 aromatic carbocycles. The summed E-state index contributed by atoms with van der Waals surface area (Å²) in [4.78, 5) is 0. The Morgan fingerprint density at radius 3 is 1.06 bits per heavy atom. The lowest BCUT2D eigenvalue weighted by Crippen LogP contribution is -1.96. The molecule has 0 amide bonds. The molecule has 3 heterocycles. The molecule has 0 saturated carbocycles. The number of nitrogens with zero attached hydrogens (tertiary/aromatic N) is 3. The van der Waals surface area contributed by atoms with Gasteiger partial charge >= 0.3 is 0 Å². The maximum atomic E-state index is 2.50. The van der Waals surface area contributed by atoms with Crippen LogP contribution in [-0.2, 0) is 0 Å². The number of benzene rings is 7. The zero-order valence-electron chi connectivity index (χ0n) is 26.3. The third kappa shape index (κ3) is 3.51. The van der Waals surface area contributed by atoms with E-state index >= 15 is 0 Å². The molecule has 0 bridgehead atoms. The van der Waals surface area contributed by atoms with Gasteiger partial charge in [0.2, 0.25) is 0 Å². The van der Waals surface area contributed by atoms with Gasteiger partial charge in [-0.3, -0.25) is 0 Å². The van der Waals surface area contributed by atoms with Gasteiger partial charge in [-0.15, -0.1) is 0 Å². The SMILES string of the molecule is Cc1cc2c(c3c(cc(C)c4c5ccccc5n(-c5ccccc5)c43)n2-c2ccccc2)c2c1c1ccccc1n2-c1ccccc1. The van der Waals surface area contributed by atoms with Crippen molar-refractivity contribution in [2.75, 3.05) is 0 Å². The Kier molecular flexibility index (Phi) is 5.41. The molecule has 3 aromatic heterocycles. The van der Waals surface area contributed by atoms with Crippen LogP contribution in [0.15, 0.2) is 152 Å². The molecular formula is C44H31N3. The van der Waals surface area contributed by atoms with Crippen molar-refractivity contribution in [3.05, 3.63) is 163 Å². The van der Waals surface area contributed by atoms with Crippen molar-refractivity contribution in [2.45, 2.75) is 13.8 Å². The molecule has 10 aromatic rings. The van der Waals surface area contributed by atoms with Crippen LogP contribution >= 0.6 is 0 Å². The molecule has 222 valence electrons. The first kappa shape index (κ1) is 26.2. The van der Waals surface area contributed by atoms with Gasteiger partial charge in [0.15, 0.2) is 0 Å². The summed E-state index contributed by atoms with van der Waals surface area (Å²) in [6.45, 7) is 4.55. The minimum absolute atomic E-state index is 1.16. The zero-order chi connectivity index (χ0) is 31.2. The summed E-state index contributed by atoms with van der Waals surface area (Å²) in [5.74, 6) is 0. The summed E-state index contributed by atoms with van der Waals surface area (Å²) in [5.41, 5.74) is 13.4. The summed E-state index contributed by atoms with van der Waals surface area (Å²) in [5, 5.41) is 7.71. The quantitative estimate of drug-likeness (QED) is 0.191. The Hall–Kier alpha value is -6.06. The third-order valence-electron chi connectivity index (χ3n) is 10.0. The van der Waals surface area contributed by atoms with Crippen molar-refractivity contribution in [1.82, 2.24) is 13.7 Å². The zero-order valence-corrected chi connectivity index (χ0v) is 26.3. The normalized spacial score (nSPS) is 12.0. The standard InChI is InChI=1S/C44H31N3/c1-28-26-37-41(43-39(28)33-22-12-14-24-35(33)46(43)31-18-8-4-9-19-31)42-38(45(37)30-16-6-3-7-17-30)27-29(2)40-34-23-13-15-25-36(34)47(44(40)42)32-20-10-5-11-21-32/h3-27H,1-2H3. The molecule has 47 heavy (non-hydrogen) atoms. The molecule has 0 unspecified atom stereocenters. The molecule has 3 nitrogen and oxygen atoms in total. The molecule has 0 aliphatic carbocycles. The summed E-state index contributed by atoms with van der Waals surface area (Å²) < 4.78 is 7.48. The van der Waals surface area contributed by atoms with Crippen LogP contribution < -0.4 is 0 Å². The average molecular weight is 602 g/mol. The molecule has 0 spiro atoms. The topological polar surface area (TPSA) is 14.8 Å². The van der Waals surface area contributed by atoms with Gasteiger partial charge in [-0.05, 0) is 85.6 Å². The van der Waals surface area contributed by atoms with Gasteiger partial charge in [-0.25, -0.2) is 0 Å². The molecule has 0 fully saturated rings. The van der Waals surface area contributed by atoms with Crippen LogP contribution in [-0.4, -0.2) is 13.7 Å². The number of para-hydroxylation sites is 5. The number of rotatable bonds is 3. The van der Waals surface area contributed by atoms with Crippen LogP contribution in [0.3, 0.4) is 0 Å². The lowest BCUT2D eigenvalue weighted by Gasteiger charge is -2.12. The number of fused-ring (bicyclic) bond motifs is 11. The van der Waals surface area contributed by atoms with E-state index in [1.54, 1.807) is 0 Å². The van der Waals surface area contributed by atoms with Crippen molar-refractivity contribution in [2.24, 2.45) is 0 Å². The van der Waals surface area contributed by atoms with Crippen molar-refractivity contribution < 1.29 is 0 Å². The van der Waals surface area contributed by atoms with E-state index in [9.17, 15) is 0 Å².